The van der Waals surface area contributed by atoms with Crippen LogP contribution in [0.2, 0.25) is 0 Å². The van der Waals surface area contributed by atoms with Gasteiger partial charge >= 0.3 is 0 Å². The summed E-state index contributed by atoms with van der Waals surface area (Å²) in [5.74, 6) is 0.682. The van der Waals surface area contributed by atoms with Gasteiger partial charge in [0, 0.05) is 4.88 Å². The van der Waals surface area contributed by atoms with E-state index in [2.05, 4.69) is 32.7 Å². The molecule has 0 saturated carbocycles. The summed E-state index contributed by atoms with van der Waals surface area (Å²) in [6.45, 7) is 8.66. The van der Waals surface area contributed by atoms with Crippen LogP contribution in [0.25, 0.3) is 0 Å². The second kappa shape index (κ2) is 3.35. The van der Waals surface area contributed by atoms with E-state index in [-0.39, 0.29) is 0 Å². The maximum atomic E-state index is 4.40. The average molecular weight is 169 g/mol. The minimum atomic E-state index is 0.682. The summed E-state index contributed by atoms with van der Waals surface area (Å²) in [6.07, 6.45) is 1.21. The zero-order valence-corrected chi connectivity index (χ0v) is 8.46. The SMILES string of the molecule is CCC(C)c1sc(C)nc1C. The minimum absolute atomic E-state index is 0.682. The normalized spacial score (nSPS) is 13.5. The molecule has 0 bridgehead atoms. The molecule has 62 valence electrons. The van der Waals surface area contributed by atoms with Crippen LogP contribution in [0.1, 0.15) is 41.8 Å². The van der Waals surface area contributed by atoms with Crippen molar-refractivity contribution in [3.05, 3.63) is 15.6 Å². The molecule has 0 radical (unpaired) electrons. The van der Waals surface area contributed by atoms with Gasteiger partial charge in [-0.1, -0.05) is 13.8 Å². The second-order valence-corrected chi connectivity index (χ2v) is 4.23. The maximum absolute atomic E-state index is 4.40. The number of hydrogen-bond donors (Lipinski definition) is 0. The molecule has 0 aliphatic rings. The molecule has 0 amide bonds. The van der Waals surface area contributed by atoms with Crippen LogP contribution in [0.5, 0.6) is 0 Å². The number of hydrogen-bond acceptors (Lipinski definition) is 2. The van der Waals surface area contributed by atoms with Crippen molar-refractivity contribution >= 4 is 11.3 Å². The molecule has 1 rings (SSSR count). The molecule has 0 aromatic carbocycles. The summed E-state index contributed by atoms with van der Waals surface area (Å²) in [6, 6.07) is 0. The summed E-state index contributed by atoms with van der Waals surface area (Å²) in [5, 5.41) is 1.19. The van der Waals surface area contributed by atoms with Gasteiger partial charge in [0.15, 0.2) is 0 Å². The molecular weight excluding hydrogens is 154 g/mol. The molecule has 0 spiro atoms. The topological polar surface area (TPSA) is 12.9 Å². The standard InChI is InChI=1S/C9H15NS/c1-5-6(2)9-7(3)10-8(4)11-9/h6H,5H2,1-4H3. The summed E-state index contributed by atoms with van der Waals surface area (Å²) >= 11 is 1.84. The van der Waals surface area contributed by atoms with Crippen molar-refractivity contribution in [3.63, 3.8) is 0 Å². The summed E-state index contributed by atoms with van der Waals surface area (Å²) < 4.78 is 0. The lowest BCUT2D eigenvalue weighted by Gasteiger charge is -2.04. The molecule has 1 unspecified atom stereocenters. The minimum Gasteiger partial charge on any atom is -0.247 e. The highest BCUT2D eigenvalue weighted by atomic mass is 32.1. The van der Waals surface area contributed by atoms with Crippen molar-refractivity contribution in [3.8, 4) is 0 Å². The lowest BCUT2D eigenvalue weighted by Crippen LogP contribution is -1.89. The Morgan fingerprint density at radius 2 is 2.09 bits per heavy atom. The fourth-order valence-corrected chi connectivity index (χ4v) is 2.25. The lowest BCUT2D eigenvalue weighted by molar-refractivity contribution is 0.740. The molecule has 1 heterocycles. The molecule has 0 saturated heterocycles. The van der Waals surface area contributed by atoms with Crippen molar-refractivity contribution in [1.29, 1.82) is 0 Å². The third-order valence-corrected chi connectivity index (χ3v) is 3.30. The zero-order valence-electron chi connectivity index (χ0n) is 7.64. The third-order valence-electron chi connectivity index (χ3n) is 2.00. The largest absolute Gasteiger partial charge is 0.247 e. The smallest absolute Gasteiger partial charge is 0.0900 e. The highest BCUT2D eigenvalue weighted by Crippen LogP contribution is 2.27. The van der Waals surface area contributed by atoms with E-state index in [9.17, 15) is 0 Å². The van der Waals surface area contributed by atoms with E-state index in [1.807, 2.05) is 11.3 Å². The molecule has 1 aromatic heterocycles. The van der Waals surface area contributed by atoms with Gasteiger partial charge in [-0.2, -0.15) is 0 Å². The van der Waals surface area contributed by atoms with Gasteiger partial charge in [-0.25, -0.2) is 4.98 Å². The van der Waals surface area contributed by atoms with Gasteiger partial charge in [-0.05, 0) is 26.2 Å². The molecular formula is C9H15NS. The predicted molar refractivity (Wildman–Crippen MR) is 50.3 cm³/mol. The van der Waals surface area contributed by atoms with Crippen LogP contribution in [0.3, 0.4) is 0 Å². The molecule has 0 fully saturated rings. The van der Waals surface area contributed by atoms with Crippen molar-refractivity contribution in [2.75, 3.05) is 0 Å². The van der Waals surface area contributed by atoms with Crippen LogP contribution in [0.15, 0.2) is 0 Å². The Kier molecular flexibility index (Phi) is 2.66. The zero-order chi connectivity index (χ0) is 8.43. The van der Waals surface area contributed by atoms with E-state index < -0.39 is 0 Å². The van der Waals surface area contributed by atoms with E-state index in [4.69, 9.17) is 0 Å². The fraction of sp³-hybridized carbons (Fsp3) is 0.667. The van der Waals surface area contributed by atoms with Crippen LogP contribution >= 0.6 is 11.3 Å². The van der Waals surface area contributed by atoms with Gasteiger partial charge in [0.2, 0.25) is 0 Å². The summed E-state index contributed by atoms with van der Waals surface area (Å²) in [7, 11) is 0. The fourth-order valence-electron chi connectivity index (χ4n) is 1.19. The number of thiazole rings is 1. The van der Waals surface area contributed by atoms with Gasteiger partial charge in [-0.3, -0.25) is 0 Å². The Bertz CT molecular complexity index is 240. The Morgan fingerprint density at radius 3 is 2.45 bits per heavy atom. The molecule has 11 heavy (non-hydrogen) atoms. The number of aromatic nitrogens is 1. The Morgan fingerprint density at radius 1 is 1.45 bits per heavy atom. The quantitative estimate of drug-likeness (QED) is 0.662. The van der Waals surface area contributed by atoms with Gasteiger partial charge in [0.25, 0.3) is 0 Å². The molecule has 1 nitrogen and oxygen atoms in total. The van der Waals surface area contributed by atoms with E-state index in [1.54, 1.807) is 0 Å². The molecule has 2 heteroatoms. The van der Waals surface area contributed by atoms with Crippen molar-refractivity contribution in [2.24, 2.45) is 0 Å². The average Bonchev–Trinajstić information content (AvgIpc) is 2.28. The van der Waals surface area contributed by atoms with E-state index in [1.165, 1.54) is 22.0 Å². The first-order valence-corrected chi connectivity index (χ1v) is 4.90. The first-order valence-electron chi connectivity index (χ1n) is 4.09. The van der Waals surface area contributed by atoms with E-state index >= 15 is 0 Å². The van der Waals surface area contributed by atoms with E-state index in [0.29, 0.717) is 5.92 Å². The van der Waals surface area contributed by atoms with Gasteiger partial charge in [0.05, 0.1) is 10.7 Å². The van der Waals surface area contributed by atoms with Crippen LogP contribution in [0.4, 0.5) is 0 Å². The highest BCUT2D eigenvalue weighted by molar-refractivity contribution is 7.11. The number of nitrogens with zero attached hydrogens (tertiary/aromatic N) is 1. The Labute approximate surface area is 72.5 Å². The maximum Gasteiger partial charge on any atom is 0.0900 e. The number of rotatable bonds is 2. The first kappa shape index (κ1) is 8.72. The number of aryl methyl sites for hydroxylation is 2. The molecule has 1 aromatic rings. The molecule has 0 N–H and O–H groups in total. The molecule has 0 aliphatic heterocycles. The van der Waals surface area contributed by atoms with Gasteiger partial charge in [-0.15, -0.1) is 11.3 Å². The molecule has 0 aliphatic carbocycles. The Hall–Kier alpha value is -0.370. The van der Waals surface area contributed by atoms with Crippen LogP contribution in [-0.2, 0) is 0 Å². The van der Waals surface area contributed by atoms with Crippen molar-refractivity contribution < 1.29 is 0 Å². The molecule has 1 atom stereocenters. The van der Waals surface area contributed by atoms with Crippen LogP contribution in [0, 0.1) is 13.8 Å². The monoisotopic (exact) mass is 169 g/mol. The second-order valence-electron chi connectivity index (χ2n) is 2.99. The first-order chi connectivity index (χ1) is 5.15. The van der Waals surface area contributed by atoms with Crippen molar-refractivity contribution in [2.45, 2.75) is 40.0 Å². The van der Waals surface area contributed by atoms with Crippen LogP contribution in [-0.4, -0.2) is 4.98 Å². The van der Waals surface area contributed by atoms with E-state index in [0.717, 1.165) is 0 Å². The van der Waals surface area contributed by atoms with Gasteiger partial charge < -0.3 is 0 Å². The third kappa shape index (κ3) is 1.80. The summed E-state index contributed by atoms with van der Waals surface area (Å²) in [4.78, 5) is 5.86. The van der Waals surface area contributed by atoms with Crippen LogP contribution < -0.4 is 0 Å². The lowest BCUT2D eigenvalue weighted by atomic mass is 10.1. The summed E-state index contributed by atoms with van der Waals surface area (Å²) in [5.41, 5.74) is 1.22. The highest BCUT2D eigenvalue weighted by Gasteiger charge is 2.10. The predicted octanol–water partition coefficient (Wildman–Crippen LogP) is 3.27. The Balaban J connectivity index is 2.93. The van der Waals surface area contributed by atoms with Gasteiger partial charge in [0.1, 0.15) is 0 Å². The van der Waals surface area contributed by atoms with Crippen molar-refractivity contribution in [1.82, 2.24) is 4.98 Å².